The second-order valence-electron chi connectivity index (χ2n) is 5.97. The molecule has 0 spiro atoms. The summed E-state index contributed by atoms with van der Waals surface area (Å²) in [5.74, 6) is 0. The number of nitrogens with one attached hydrogen (secondary N) is 1. The van der Waals surface area contributed by atoms with Crippen molar-refractivity contribution in [2.75, 3.05) is 26.2 Å². The van der Waals surface area contributed by atoms with Gasteiger partial charge in [-0.15, -0.1) is 0 Å². The molecule has 5 heteroatoms. The van der Waals surface area contributed by atoms with Crippen LogP contribution in [-0.4, -0.2) is 37.3 Å². The summed E-state index contributed by atoms with van der Waals surface area (Å²) in [5, 5.41) is 3.55. The Labute approximate surface area is 124 Å². The number of benzene rings is 1. The van der Waals surface area contributed by atoms with Crippen molar-refractivity contribution < 1.29 is 13.2 Å². The summed E-state index contributed by atoms with van der Waals surface area (Å²) in [6.07, 6.45) is -3.60. The molecule has 1 atom stereocenters. The lowest BCUT2D eigenvalue weighted by molar-refractivity contribution is -0.136. The molecule has 2 rings (SSSR count). The summed E-state index contributed by atoms with van der Waals surface area (Å²) >= 11 is 0. The highest BCUT2D eigenvalue weighted by atomic mass is 19.4. The fourth-order valence-electron chi connectivity index (χ4n) is 2.94. The van der Waals surface area contributed by atoms with E-state index < -0.39 is 12.6 Å². The van der Waals surface area contributed by atoms with Crippen LogP contribution in [0.2, 0.25) is 0 Å². The molecule has 1 aromatic carbocycles. The minimum Gasteiger partial charge on any atom is -0.307 e. The maximum absolute atomic E-state index is 12.3. The van der Waals surface area contributed by atoms with Crippen LogP contribution in [0.1, 0.15) is 31.7 Å². The van der Waals surface area contributed by atoms with Gasteiger partial charge in [-0.1, -0.05) is 30.3 Å². The van der Waals surface area contributed by atoms with Crippen molar-refractivity contribution in [3.8, 4) is 0 Å². The zero-order valence-corrected chi connectivity index (χ0v) is 12.4. The van der Waals surface area contributed by atoms with Crippen molar-refractivity contribution in [2.45, 2.75) is 37.9 Å². The van der Waals surface area contributed by atoms with Crippen LogP contribution in [0, 0.1) is 0 Å². The maximum Gasteiger partial charge on any atom is 0.389 e. The van der Waals surface area contributed by atoms with Gasteiger partial charge in [0.25, 0.3) is 0 Å². The first kappa shape index (κ1) is 16.3. The van der Waals surface area contributed by atoms with Crippen LogP contribution in [0.5, 0.6) is 0 Å². The number of nitrogens with zero attached hydrogens (tertiary/aromatic N) is 1. The van der Waals surface area contributed by atoms with Crippen molar-refractivity contribution in [1.29, 1.82) is 0 Å². The Morgan fingerprint density at radius 3 is 2.62 bits per heavy atom. The second kappa shape index (κ2) is 6.79. The van der Waals surface area contributed by atoms with Gasteiger partial charge in [-0.3, -0.25) is 0 Å². The first-order valence-electron chi connectivity index (χ1n) is 7.49. The summed E-state index contributed by atoms with van der Waals surface area (Å²) in [6, 6.07) is 10.1. The third kappa shape index (κ3) is 5.00. The van der Waals surface area contributed by atoms with Crippen LogP contribution >= 0.6 is 0 Å². The van der Waals surface area contributed by atoms with E-state index in [2.05, 4.69) is 29.3 Å². The predicted molar refractivity (Wildman–Crippen MR) is 78.1 cm³/mol. The van der Waals surface area contributed by atoms with Gasteiger partial charge in [-0.2, -0.15) is 13.2 Å². The monoisotopic (exact) mass is 300 g/mol. The molecule has 1 N–H and O–H groups in total. The molecule has 0 amide bonds. The van der Waals surface area contributed by atoms with E-state index in [0.29, 0.717) is 6.54 Å². The molecule has 0 bridgehead atoms. The van der Waals surface area contributed by atoms with Crippen LogP contribution in [0.4, 0.5) is 13.2 Å². The third-order valence-corrected chi connectivity index (χ3v) is 4.05. The first-order valence-corrected chi connectivity index (χ1v) is 7.49. The van der Waals surface area contributed by atoms with Gasteiger partial charge < -0.3 is 10.2 Å². The lowest BCUT2D eigenvalue weighted by atomic mass is 9.91. The van der Waals surface area contributed by atoms with Gasteiger partial charge >= 0.3 is 6.18 Å². The summed E-state index contributed by atoms with van der Waals surface area (Å²) in [4.78, 5) is 2.15. The minimum atomic E-state index is -4.05. The Morgan fingerprint density at radius 1 is 1.24 bits per heavy atom. The average Bonchev–Trinajstić information content (AvgIpc) is 2.61. The van der Waals surface area contributed by atoms with Crippen LogP contribution in [-0.2, 0) is 5.54 Å². The van der Waals surface area contributed by atoms with Crippen LogP contribution in [0.15, 0.2) is 30.3 Å². The van der Waals surface area contributed by atoms with E-state index in [1.54, 1.807) is 0 Å². The van der Waals surface area contributed by atoms with Crippen molar-refractivity contribution in [3.05, 3.63) is 35.9 Å². The number of halogens is 3. The number of rotatable bonds is 4. The van der Waals surface area contributed by atoms with Gasteiger partial charge in [0, 0.05) is 13.0 Å². The fourth-order valence-corrected chi connectivity index (χ4v) is 2.94. The lowest BCUT2D eigenvalue weighted by Crippen LogP contribution is -2.46. The van der Waals surface area contributed by atoms with E-state index in [-0.39, 0.29) is 12.0 Å². The lowest BCUT2D eigenvalue weighted by Gasteiger charge is -2.34. The Morgan fingerprint density at radius 2 is 1.95 bits per heavy atom. The molecule has 118 valence electrons. The molecule has 21 heavy (non-hydrogen) atoms. The summed E-state index contributed by atoms with van der Waals surface area (Å²) < 4.78 is 36.8. The Balaban J connectivity index is 1.98. The zero-order valence-electron chi connectivity index (χ0n) is 12.4. The molecule has 0 aliphatic carbocycles. The molecule has 2 nitrogen and oxygen atoms in total. The Kier molecular flexibility index (Phi) is 5.27. The maximum atomic E-state index is 12.3. The summed E-state index contributed by atoms with van der Waals surface area (Å²) in [5.41, 5.74) is 0.989. The molecule has 1 aromatic rings. The highest BCUT2D eigenvalue weighted by Gasteiger charge is 2.31. The van der Waals surface area contributed by atoms with Crippen molar-refractivity contribution in [1.82, 2.24) is 10.2 Å². The largest absolute Gasteiger partial charge is 0.389 e. The summed E-state index contributed by atoms with van der Waals surface area (Å²) in [7, 11) is 0. The quantitative estimate of drug-likeness (QED) is 0.915. The standard InChI is InChI=1S/C16H23F3N2/c1-15(14-7-3-2-4-8-14)13-21(12-6-10-20-15)11-5-9-16(17,18)19/h2-4,7-8,20H,5-6,9-13H2,1H3. The van der Waals surface area contributed by atoms with Crippen LogP contribution in [0.25, 0.3) is 0 Å². The number of alkyl halides is 3. The van der Waals surface area contributed by atoms with E-state index in [1.807, 2.05) is 18.2 Å². The van der Waals surface area contributed by atoms with Gasteiger partial charge in [0.1, 0.15) is 0 Å². The zero-order chi connectivity index (χ0) is 15.3. The van der Waals surface area contributed by atoms with E-state index in [4.69, 9.17) is 0 Å². The predicted octanol–water partition coefficient (Wildman–Crippen LogP) is 3.54. The summed E-state index contributed by atoms with van der Waals surface area (Å²) in [6.45, 7) is 5.12. The van der Waals surface area contributed by atoms with Crippen molar-refractivity contribution >= 4 is 0 Å². The second-order valence-corrected chi connectivity index (χ2v) is 5.97. The molecular weight excluding hydrogens is 277 g/mol. The molecule has 1 heterocycles. The molecule has 0 aromatic heterocycles. The molecule has 1 saturated heterocycles. The Bertz CT molecular complexity index is 433. The van der Waals surface area contributed by atoms with E-state index >= 15 is 0 Å². The molecule has 0 saturated carbocycles. The number of hydrogen-bond donors (Lipinski definition) is 1. The van der Waals surface area contributed by atoms with Crippen molar-refractivity contribution in [2.24, 2.45) is 0 Å². The highest BCUT2D eigenvalue weighted by Crippen LogP contribution is 2.25. The molecule has 0 radical (unpaired) electrons. The molecule has 1 aliphatic rings. The average molecular weight is 300 g/mol. The minimum absolute atomic E-state index is 0.175. The Hall–Kier alpha value is -1.07. The number of hydrogen-bond acceptors (Lipinski definition) is 2. The van der Waals surface area contributed by atoms with Crippen LogP contribution in [0.3, 0.4) is 0 Å². The smallest absolute Gasteiger partial charge is 0.307 e. The van der Waals surface area contributed by atoms with Gasteiger partial charge in [0.05, 0.1) is 5.54 Å². The molecule has 1 fully saturated rings. The van der Waals surface area contributed by atoms with E-state index in [9.17, 15) is 13.2 Å². The van der Waals surface area contributed by atoms with Gasteiger partial charge in [-0.25, -0.2) is 0 Å². The highest BCUT2D eigenvalue weighted by molar-refractivity contribution is 5.24. The molecular formula is C16H23F3N2. The van der Waals surface area contributed by atoms with Crippen LogP contribution < -0.4 is 5.32 Å². The molecule has 1 unspecified atom stereocenters. The van der Waals surface area contributed by atoms with Gasteiger partial charge in [0.15, 0.2) is 0 Å². The van der Waals surface area contributed by atoms with Crippen molar-refractivity contribution in [3.63, 3.8) is 0 Å². The topological polar surface area (TPSA) is 15.3 Å². The normalized spacial score (nSPS) is 24.8. The molecule has 1 aliphatic heterocycles. The van der Waals surface area contributed by atoms with Gasteiger partial charge in [-0.05, 0) is 45.0 Å². The van der Waals surface area contributed by atoms with E-state index in [0.717, 1.165) is 26.1 Å². The third-order valence-electron chi connectivity index (χ3n) is 4.05. The SMILES string of the molecule is CC1(c2ccccc2)CN(CCCC(F)(F)F)CCCN1. The first-order chi connectivity index (χ1) is 9.89. The fraction of sp³-hybridized carbons (Fsp3) is 0.625. The van der Waals surface area contributed by atoms with Gasteiger partial charge in [0.2, 0.25) is 0 Å². The van der Waals surface area contributed by atoms with E-state index in [1.165, 1.54) is 5.56 Å².